The lowest BCUT2D eigenvalue weighted by Crippen LogP contribution is -2.58. The molecule has 0 radical (unpaired) electrons. The molecule has 2 fully saturated rings. The van der Waals surface area contributed by atoms with Crippen LogP contribution in [0.2, 0.25) is 0 Å². The van der Waals surface area contributed by atoms with Crippen LogP contribution in [0, 0.1) is 6.92 Å². The predicted molar refractivity (Wildman–Crippen MR) is 86.1 cm³/mol. The predicted octanol–water partition coefficient (Wildman–Crippen LogP) is 2.98. The highest BCUT2D eigenvalue weighted by Crippen LogP contribution is 2.45. The Kier molecular flexibility index (Phi) is 3.54. The number of piperazine rings is 1. The molecule has 0 unspecified atom stereocenters. The Balaban J connectivity index is 1.72. The SMILES string of the molecule is Cc1cccc(N2CCN(C(=O)OC(C)(C)C)C3(CC3)C2)n1. The third kappa shape index (κ3) is 3.03. The quantitative estimate of drug-likeness (QED) is 0.800. The summed E-state index contributed by atoms with van der Waals surface area (Å²) in [6.07, 6.45) is 1.92. The number of aromatic nitrogens is 1. The molecule has 1 aliphatic heterocycles. The molecular formula is C17H25N3O2. The molecule has 120 valence electrons. The van der Waals surface area contributed by atoms with Crippen molar-refractivity contribution in [2.45, 2.75) is 51.7 Å². The van der Waals surface area contributed by atoms with Gasteiger partial charge in [-0.1, -0.05) is 6.07 Å². The van der Waals surface area contributed by atoms with E-state index >= 15 is 0 Å². The standard InChI is InChI=1S/C17H25N3O2/c1-13-6-5-7-14(18-13)19-10-11-20(17(12-19)8-9-17)15(21)22-16(2,3)4/h5-7H,8-12H2,1-4H3. The Hall–Kier alpha value is -1.78. The summed E-state index contributed by atoms with van der Waals surface area (Å²) < 4.78 is 5.57. The van der Waals surface area contributed by atoms with E-state index < -0.39 is 5.60 Å². The summed E-state index contributed by atoms with van der Waals surface area (Å²) >= 11 is 0. The van der Waals surface area contributed by atoms with Crippen LogP contribution in [0.4, 0.5) is 10.6 Å². The first kappa shape index (κ1) is 15.1. The topological polar surface area (TPSA) is 45.7 Å². The number of hydrogen-bond donors (Lipinski definition) is 0. The Morgan fingerprint density at radius 1 is 1.27 bits per heavy atom. The van der Waals surface area contributed by atoms with Crippen LogP contribution in [-0.4, -0.2) is 46.8 Å². The van der Waals surface area contributed by atoms with Gasteiger partial charge in [-0.25, -0.2) is 9.78 Å². The molecule has 0 N–H and O–H groups in total. The first-order chi connectivity index (χ1) is 10.3. The zero-order valence-electron chi connectivity index (χ0n) is 13.9. The second-order valence-corrected chi connectivity index (χ2v) is 7.42. The average Bonchev–Trinajstić information content (AvgIpc) is 3.16. The second kappa shape index (κ2) is 5.14. The molecule has 1 aliphatic carbocycles. The fraction of sp³-hybridized carbons (Fsp3) is 0.647. The van der Waals surface area contributed by atoms with Crippen molar-refractivity contribution in [2.24, 2.45) is 0 Å². The zero-order chi connectivity index (χ0) is 16.0. The normalized spacial score (nSPS) is 20.2. The molecule has 3 rings (SSSR count). The first-order valence-corrected chi connectivity index (χ1v) is 7.98. The van der Waals surface area contributed by atoms with Crippen molar-refractivity contribution in [3.63, 3.8) is 0 Å². The summed E-state index contributed by atoms with van der Waals surface area (Å²) in [4.78, 5) is 21.3. The molecule has 22 heavy (non-hydrogen) atoms. The van der Waals surface area contributed by atoms with E-state index in [0.29, 0.717) is 6.54 Å². The van der Waals surface area contributed by atoms with Gasteiger partial charge >= 0.3 is 6.09 Å². The summed E-state index contributed by atoms with van der Waals surface area (Å²) in [5, 5.41) is 0. The van der Waals surface area contributed by atoms with E-state index in [1.54, 1.807) is 0 Å². The lowest BCUT2D eigenvalue weighted by atomic mass is 10.1. The third-order valence-corrected chi connectivity index (χ3v) is 4.29. The van der Waals surface area contributed by atoms with Crippen LogP contribution in [0.5, 0.6) is 0 Å². The molecule has 2 aliphatic rings. The van der Waals surface area contributed by atoms with Crippen molar-refractivity contribution in [2.75, 3.05) is 24.5 Å². The van der Waals surface area contributed by atoms with Crippen molar-refractivity contribution >= 4 is 11.9 Å². The zero-order valence-corrected chi connectivity index (χ0v) is 13.9. The van der Waals surface area contributed by atoms with Crippen LogP contribution in [0.25, 0.3) is 0 Å². The number of ether oxygens (including phenoxy) is 1. The minimum atomic E-state index is -0.442. The number of carbonyl (C=O) groups is 1. The molecule has 1 spiro atoms. The van der Waals surface area contributed by atoms with E-state index in [0.717, 1.165) is 37.4 Å². The summed E-state index contributed by atoms with van der Waals surface area (Å²) in [5.41, 5.74) is 0.533. The van der Waals surface area contributed by atoms with E-state index in [1.165, 1.54) is 0 Å². The van der Waals surface area contributed by atoms with Gasteiger partial charge in [-0.05, 0) is 52.7 Å². The van der Waals surface area contributed by atoms with Gasteiger partial charge in [-0.2, -0.15) is 0 Å². The van der Waals surface area contributed by atoms with Crippen LogP contribution in [0.3, 0.4) is 0 Å². The molecule has 1 saturated carbocycles. The first-order valence-electron chi connectivity index (χ1n) is 7.98. The third-order valence-electron chi connectivity index (χ3n) is 4.29. The molecular weight excluding hydrogens is 278 g/mol. The maximum Gasteiger partial charge on any atom is 0.410 e. The van der Waals surface area contributed by atoms with Crippen LogP contribution in [0.15, 0.2) is 18.2 Å². The number of pyridine rings is 1. The van der Waals surface area contributed by atoms with Crippen LogP contribution >= 0.6 is 0 Å². The van der Waals surface area contributed by atoms with Gasteiger partial charge in [0.1, 0.15) is 11.4 Å². The van der Waals surface area contributed by atoms with Gasteiger partial charge in [-0.3, -0.25) is 4.90 Å². The van der Waals surface area contributed by atoms with Gasteiger partial charge < -0.3 is 9.64 Å². The number of nitrogens with zero attached hydrogens (tertiary/aromatic N) is 3. The molecule has 1 aromatic rings. The fourth-order valence-electron chi connectivity index (χ4n) is 3.05. The van der Waals surface area contributed by atoms with Crippen LogP contribution < -0.4 is 4.90 Å². The van der Waals surface area contributed by atoms with E-state index in [1.807, 2.05) is 50.8 Å². The molecule has 2 heterocycles. The smallest absolute Gasteiger partial charge is 0.410 e. The van der Waals surface area contributed by atoms with Crippen LogP contribution in [-0.2, 0) is 4.74 Å². The average molecular weight is 303 g/mol. The molecule has 5 nitrogen and oxygen atoms in total. The summed E-state index contributed by atoms with van der Waals surface area (Å²) in [6.45, 7) is 10.1. The molecule has 1 amide bonds. The number of amides is 1. The van der Waals surface area contributed by atoms with Gasteiger partial charge in [0.25, 0.3) is 0 Å². The van der Waals surface area contributed by atoms with Crippen molar-refractivity contribution in [1.29, 1.82) is 0 Å². The minimum absolute atomic E-state index is 0.0496. The monoisotopic (exact) mass is 303 g/mol. The number of rotatable bonds is 1. The summed E-state index contributed by atoms with van der Waals surface area (Å²) in [5.74, 6) is 1.01. The highest BCUT2D eigenvalue weighted by atomic mass is 16.6. The molecule has 5 heteroatoms. The van der Waals surface area contributed by atoms with Gasteiger partial charge in [0.2, 0.25) is 0 Å². The minimum Gasteiger partial charge on any atom is -0.444 e. The molecule has 1 saturated heterocycles. The number of hydrogen-bond acceptors (Lipinski definition) is 4. The van der Waals surface area contributed by atoms with Gasteiger partial charge in [0.15, 0.2) is 0 Å². The largest absolute Gasteiger partial charge is 0.444 e. The molecule has 1 aromatic heterocycles. The van der Waals surface area contributed by atoms with Crippen molar-refractivity contribution in [3.05, 3.63) is 23.9 Å². The lowest BCUT2D eigenvalue weighted by Gasteiger charge is -2.42. The highest BCUT2D eigenvalue weighted by molar-refractivity contribution is 5.70. The fourth-order valence-corrected chi connectivity index (χ4v) is 3.05. The number of anilines is 1. The van der Waals surface area contributed by atoms with E-state index in [9.17, 15) is 4.79 Å². The Morgan fingerprint density at radius 2 is 2.00 bits per heavy atom. The summed E-state index contributed by atoms with van der Waals surface area (Å²) in [6, 6.07) is 6.09. The molecule has 0 aromatic carbocycles. The van der Waals surface area contributed by atoms with Crippen LogP contribution in [0.1, 0.15) is 39.3 Å². The van der Waals surface area contributed by atoms with Crippen molar-refractivity contribution in [3.8, 4) is 0 Å². The Bertz CT molecular complexity index is 576. The van der Waals surface area contributed by atoms with E-state index in [4.69, 9.17) is 4.74 Å². The lowest BCUT2D eigenvalue weighted by molar-refractivity contribution is 0.0106. The molecule has 0 atom stereocenters. The van der Waals surface area contributed by atoms with Gasteiger partial charge in [0, 0.05) is 25.3 Å². The van der Waals surface area contributed by atoms with Gasteiger partial charge in [-0.15, -0.1) is 0 Å². The van der Waals surface area contributed by atoms with Gasteiger partial charge in [0.05, 0.1) is 5.54 Å². The highest BCUT2D eigenvalue weighted by Gasteiger charge is 2.54. The Morgan fingerprint density at radius 3 is 2.59 bits per heavy atom. The number of carbonyl (C=O) groups excluding carboxylic acids is 1. The second-order valence-electron chi connectivity index (χ2n) is 7.42. The van der Waals surface area contributed by atoms with E-state index in [2.05, 4.69) is 9.88 Å². The molecule has 0 bridgehead atoms. The van der Waals surface area contributed by atoms with Crippen molar-refractivity contribution < 1.29 is 9.53 Å². The maximum atomic E-state index is 12.4. The number of aryl methyl sites for hydroxylation is 1. The Labute approximate surface area is 132 Å². The summed E-state index contributed by atoms with van der Waals surface area (Å²) in [7, 11) is 0. The maximum absolute atomic E-state index is 12.4. The van der Waals surface area contributed by atoms with E-state index in [-0.39, 0.29) is 11.6 Å². The van der Waals surface area contributed by atoms with Crippen molar-refractivity contribution in [1.82, 2.24) is 9.88 Å².